The van der Waals surface area contributed by atoms with E-state index in [1.165, 1.54) is 10.8 Å². The fourth-order valence-electron chi connectivity index (χ4n) is 7.33. The van der Waals surface area contributed by atoms with Crippen LogP contribution in [0.5, 0.6) is 0 Å². The van der Waals surface area contributed by atoms with Crippen molar-refractivity contribution in [2.24, 2.45) is 0 Å². The first-order chi connectivity index (χ1) is 26.2. The summed E-state index contributed by atoms with van der Waals surface area (Å²) in [5.41, 5.74) is 13.2. The molecular weight excluding hydrogens is 645 g/mol. The predicted molar refractivity (Wildman–Crippen MR) is 219 cm³/mol. The lowest BCUT2D eigenvalue weighted by Crippen LogP contribution is -1.97. The van der Waals surface area contributed by atoms with Crippen LogP contribution in [0.2, 0.25) is 0 Å². The van der Waals surface area contributed by atoms with Crippen molar-refractivity contribution in [1.82, 2.24) is 9.97 Å². The smallest absolute Gasteiger partial charge is 0.160 e. The SMILES string of the molecule is c1ccc(-c2cc(-c3ccc4c(c3)oc3ccccc34)cc(-c3cc(-c4ccccc4)nc(-c4cccc(-c5ccc6ccccc6c5)c4)n3)c2)cc1. The molecule has 0 fully saturated rings. The van der Waals surface area contributed by atoms with Gasteiger partial charge in [-0.3, -0.25) is 0 Å². The molecule has 0 radical (unpaired) electrons. The molecule has 3 nitrogen and oxygen atoms in total. The summed E-state index contributed by atoms with van der Waals surface area (Å²) in [5, 5.41) is 4.68. The molecule has 248 valence electrons. The highest BCUT2D eigenvalue weighted by Crippen LogP contribution is 2.37. The third kappa shape index (κ3) is 5.85. The molecule has 2 heterocycles. The monoisotopic (exact) mass is 676 g/mol. The van der Waals surface area contributed by atoms with Gasteiger partial charge in [0.05, 0.1) is 11.4 Å². The molecule has 8 aromatic carbocycles. The van der Waals surface area contributed by atoms with Crippen LogP contribution in [0.25, 0.3) is 100.0 Å². The van der Waals surface area contributed by atoms with Gasteiger partial charge < -0.3 is 4.42 Å². The average molecular weight is 677 g/mol. The number of fused-ring (bicyclic) bond motifs is 4. The molecule has 0 saturated carbocycles. The van der Waals surface area contributed by atoms with Crippen molar-refractivity contribution < 1.29 is 4.42 Å². The Labute approximate surface area is 307 Å². The van der Waals surface area contributed by atoms with E-state index in [0.29, 0.717) is 5.82 Å². The fourth-order valence-corrected chi connectivity index (χ4v) is 7.33. The number of para-hydroxylation sites is 1. The van der Waals surface area contributed by atoms with Crippen LogP contribution >= 0.6 is 0 Å². The van der Waals surface area contributed by atoms with Crippen molar-refractivity contribution in [3.63, 3.8) is 0 Å². The maximum atomic E-state index is 6.32. The lowest BCUT2D eigenvalue weighted by atomic mass is 9.94. The van der Waals surface area contributed by atoms with Crippen molar-refractivity contribution >= 4 is 32.7 Å². The van der Waals surface area contributed by atoms with E-state index in [1.54, 1.807) is 0 Å². The van der Waals surface area contributed by atoms with E-state index in [2.05, 4.69) is 176 Å². The Kier molecular flexibility index (Phi) is 7.47. The minimum atomic E-state index is 0.680. The maximum Gasteiger partial charge on any atom is 0.160 e. The number of hydrogen-bond acceptors (Lipinski definition) is 3. The molecule has 53 heavy (non-hydrogen) atoms. The molecule has 0 N–H and O–H groups in total. The third-order valence-electron chi connectivity index (χ3n) is 10.0. The van der Waals surface area contributed by atoms with Crippen molar-refractivity contribution in [3.05, 3.63) is 194 Å². The van der Waals surface area contributed by atoms with Crippen LogP contribution in [0.15, 0.2) is 199 Å². The Hall–Kier alpha value is -7.10. The Bertz CT molecular complexity index is 2950. The van der Waals surface area contributed by atoms with E-state index in [0.717, 1.165) is 83.4 Å². The highest BCUT2D eigenvalue weighted by atomic mass is 16.3. The highest BCUT2D eigenvalue weighted by Gasteiger charge is 2.15. The van der Waals surface area contributed by atoms with Crippen LogP contribution in [0, 0.1) is 0 Å². The van der Waals surface area contributed by atoms with E-state index in [1.807, 2.05) is 18.2 Å². The number of benzene rings is 8. The summed E-state index contributed by atoms with van der Waals surface area (Å²) in [6.07, 6.45) is 0. The van der Waals surface area contributed by atoms with Crippen molar-refractivity contribution in [3.8, 4) is 67.3 Å². The zero-order valence-electron chi connectivity index (χ0n) is 28.8. The summed E-state index contributed by atoms with van der Waals surface area (Å²) in [4.78, 5) is 10.5. The third-order valence-corrected chi connectivity index (χ3v) is 10.0. The van der Waals surface area contributed by atoms with Crippen molar-refractivity contribution in [1.29, 1.82) is 0 Å². The fraction of sp³-hybridized carbons (Fsp3) is 0. The van der Waals surface area contributed by atoms with E-state index in [4.69, 9.17) is 14.4 Å². The summed E-state index contributed by atoms with van der Waals surface area (Å²) in [6, 6.07) is 68.1. The molecule has 0 aliphatic carbocycles. The molecule has 3 heteroatoms. The Morgan fingerprint density at radius 1 is 0.283 bits per heavy atom. The van der Waals surface area contributed by atoms with E-state index in [9.17, 15) is 0 Å². The van der Waals surface area contributed by atoms with Crippen molar-refractivity contribution in [2.75, 3.05) is 0 Å². The van der Waals surface area contributed by atoms with Gasteiger partial charge in [-0.25, -0.2) is 9.97 Å². The minimum Gasteiger partial charge on any atom is -0.456 e. The summed E-state index contributed by atoms with van der Waals surface area (Å²) >= 11 is 0. The Morgan fingerprint density at radius 2 is 0.830 bits per heavy atom. The molecule has 10 rings (SSSR count). The first kappa shape index (κ1) is 30.7. The Balaban J connectivity index is 1.14. The van der Waals surface area contributed by atoms with Gasteiger partial charge in [0.2, 0.25) is 0 Å². The molecule has 0 aliphatic heterocycles. The van der Waals surface area contributed by atoms with Gasteiger partial charge in [0.1, 0.15) is 11.2 Å². The van der Waals surface area contributed by atoms with Crippen molar-refractivity contribution in [2.45, 2.75) is 0 Å². The first-order valence-electron chi connectivity index (χ1n) is 17.9. The van der Waals surface area contributed by atoms with Gasteiger partial charge in [0.25, 0.3) is 0 Å². The highest BCUT2D eigenvalue weighted by molar-refractivity contribution is 6.06. The minimum absolute atomic E-state index is 0.680. The molecule has 0 atom stereocenters. The van der Waals surface area contributed by atoms with Gasteiger partial charge in [-0.15, -0.1) is 0 Å². The summed E-state index contributed by atoms with van der Waals surface area (Å²) in [6.45, 7) is 0. The number of nitrogens with zero attached hydrogens (tertiary/aromatic N) is 2. The molecule has 2 aromatic heterocycles. The molecule has 0 bridgehead atoms. The normalized spacial score (nSPS) is 11.4. The van der Waals surface area contributed by atoms with Gasteiger partial charge in [0.15, 0.2) is 5.82 Å². The molecular formula is C50H32N2O. The van der Waals surface area contributed by atoms with E-state index in [-0.39, 0.29) is 0 Å². The second kappa shape index (κ2) is 12.9. The zero-order chi connectivity index (χ0) is 35.1. The summed E-state index contributed by atoms with van der Waals surface area (Å²) < 4.78 is 6.32. The number of rotatable bonds is 6. The Morgan fingerprint density at radius 3 is 1.66 bits per heavy atom. The van der Waals surface area contributed by atoms with E-state index < -0.39 is 0 Å². The average Bonchev–Trinajstić information content (AvgIpc) is 3.62. The summed E-state index contributed by atoms with van der Waals surface area (Å²) in [5.74, 6) is 0.680. The lowest BCUT2D eigenvalue weighted by molar-refractivity contribution is 0.669. The molecule has 0 spiro atoms. The second-order valence-corrected chi connectivity index (χ2v) is 13.4. The van der Waals surface area contributed by atoms with Crippen LogP contribution in [0.1, 0.15) is 0 Å². The van der Waals surface area contributed by atoms with Crippen LogP contribution in [0.4, 0.5) is 0 Å². The topological polar surface area (TPSA) is 38.9 Å². The standard InChI is InChI=1S/C50H32N2O/c1-3-12-33(13-4-1)41-28-42(39-24-25-45-44-20-9-10-21-48(44)53-49(45)31-39)30-43(29-41)47-32-46(35-15-5-2-6-16-35)51-50(52-47)40-19-11-18-37(27-40)38-23-22-34-14-7-8-17-36(34)26-38/h1-32H. The quantitative estimate of drug-likeness (QED) is 0.176. The van der Waals surface area contributed by atoms with Gasteiger partial charge in [-0.1, -0.05) is 140 Å². The zero-order valence-corrected chi connectivity index (χ0v) is 28.8. The number of furan rings is 1. The van der Waals surface area contributed by atoms with Gasteiger partial charge in [0, 0.05) is 27.5 Å². The molecule has 10 aromatic rings. The van der Waals surface area contributed by atoms with E-state index >= 15 is 0 Å². The van der Waals surface area contributed by atoms with Crippen LogP contribution < -0.4 is 0 Å². The van der Waals surface area contributed by atoms with Gasteiger partial charge in [-0.2, -0.15) is 0 Å². The van der Waals surface area contributed by atoms with Crippen LogP contribution in [0.3, 0.4) is 0 Å². The van der Waals surface area contributed by atoms with Gasteiger partial charge in [-0.05, 0) is 98.8 Å². The predicted octanol–water partition coefficient (Wildman–Crippen LogP) is 13.5. The summed E-state index contributed by atoms with van der Waals surface area (Å²) in [7, 11) is 0. The number of hydrogen-bond donors (Lipinski definition) is 0. The molecule has 0 amide bonds. The largest absolute Gasteiger partial charge is 0.456 e. The van der Waals surface area contributed by atoms with Gasteiger partial charge >= 0.3 is 0 Å². The number of aromatic nitrogens is 2. The maximum absolute atomic E-state index is 6.32. The molecule has 0 unspecified atom stereocenters. The first-order valence-corrected chi connectivity index (χ1v) is 17.9. The lowest BCUT2D eigenvalue weighted by Gasteiger charge is -2.14. The second-order valence-electron chi connectivity index (χ2n) is 13.4. The van der Waals surface area contributed by atoms with Crippen LogP contribution in [-0.2, 0) is 0 Å². The molecule has 0 aliphatic rings. The molecule has 0 saturated heterocycles. The van der Waals surface area contributed by atoms with Crippen LogP contribution in [-0.4, -0.2) is 9.97 Å².